The van der Waals surface area contributed by atoms with Crippen LogP contribution in [-0.4, -0.2) is 11.7 Å². The molecule has 1 amide bonds. The monoisotopic (exact) mass is 499 g/mol. The Hall–Kier alpha value is -2.37. The van der Waals surface area contributed by atoms with Crippen molar-refractivity contribution in [3.63, 3.8) is 0 Å². The van der Waals surface area contributed by atoms with Crippen molar-refractivity contribution in [1.82, 2.24) is 0 Å². The molecule has 0 saturated carbocycles. The Bertz CT molecular complexity index is 1330. The van der Waals surface area contributed by atoms with Gasteiger partial charge in [0.25, 0.3) is 0 Å². The fourth-order valence-electron chi connectivity index (χ4n) is 3.71. The molecule has 1 atom stereocenters. The topological polar surface area (TPSA) is 29.5 Å². The molecule has 5 rings (SSSR count). The summed E-state index contributed by atoms with van der Waals surface area (Å²) in [7, 11) is 0. The number of amides is 1. The van der Waals surface area contributed by atoms with Gasteiger partial charge in [-0.1, -0.05) is 77.3 Å². The summed E-state index contributed by atoms with van der Waals surface area (Å²) in [5.41, 5.74) is 1.71. The quantitative estimate of drug-likeness (QED) is 0.282. The van der Waals surface area contributed by atoms with Gasteiger partial charge in [-0.2, -0.15) is 0 Å². The van der Waals surface area contributed by atoms with Crippen molar-refractivity contribution in [2.24, 2.45) is 0 Å². The van der Waals surface area contributed by atoms with Crippen molar-refractivity contribution in [3.8, 4) is 11.5 Å². The number of anilines is 1. The average Bonchev–Trinajstić information content (AvgIpc) is 3.19. The highest BCUT2D eigenvalue weighted by molar-refractivity contribution is 8.00. The Morgan fingerprint density at radius 1 is 0.875 bits per heavy atom. The number of ether oxygens (including phenoxy) is 1. The number of benzene rings is 4. The fraction of sp³-hybridized carbons (Fsp3) is 0.0800. The molecule has 4 aromatic carbocycles. The largest absolute Gasteiger partial charge is 0.454 e. The molecule has 7 heteroatoms. The van der Waals surface area contributed by atoms with Gasteiger partial charge < -0.3 is 4.74 Å². The van der Waals surface area contributed by atoms with Crippen LogP contribution in [0, 0.1) is 0 Å². The van der Waals surface area contributed by atoms with E-state index in [1.807, 2.05) is 66.7 Å². The maximum absolute atomic E-state index is 12.7. The molecule has 1 fully saturated rings. The molecule has 1 aliphatic heterocycles. The number of thioether (sulfide) groups is 1. The molecule has 0 aromatic heterocycles. The van der Waals surface area contributed by atoms with Gasteiger partial charge in [0.15, 0.2) is 0 Å². The third-order valence-corrected chi connectivity index (χ3v) is 7.41. The minimum atomic E-state index is -0.141. The molecule has 0 aliphatic carbocycles. The van der Waals surface area contributed by atoms with Crippen molar-refractivity contribution in [2.45, 2.75) is 5.37 Å². The van der Waals surface area contributed by atoms with Crippen LogP contribution in [0.15, 0.2) is 78.9 Å². The number of nitrogens with zero attached hydrogens (tertiary/aromatic N) is 1. The van der Waals surface area contributed by atoms with Crippen molar-refractivity contribution in [2.75, 3.05) is 10.7 Å². The number of carbonyl (C=O) groups excluding carboxylic acids is 1. The van der Waals surface area contributed by atoms with Gasteiger partial charge in [-0.3, -0.25) is 9.69 Å². The second-order valence-electron chi connectivity index (χ2n) is 7.29. The molecule has 0 unspecified atom stereocenters. The van der Waals surface area contributed by atoms with Gasteiger partial charge in [0, 0.05) is 16.1 Å². The van der Waals surface area contributed by atoms with Crippen LogP contribution in [0.1, 0.15) is 10.9 Å². The van der Waals surface area contributed by atoms with Gasteiger partial charge in [-0.25, -0.2) is 0 Å². The first kappa shape index (κ1) is 21.5. The zero-order chi connectivity index (χ0) is 22.2. The summed E-state index contributed by atoms with van der Waals surface area (Å²) in [6.07, 6.45) is 0. The summed E-state index contributed by atoms with van der Waals surface area (Å²) in [5, 5.41) is 3.38. The maximum atomic E-state index is 12.7. The van der Waals surface area contributed by atoms with Gasteiger partial charge in [0.2, 0.25) is 5.91 Å². The predicted molar refractivity (Wildman–Crippen MR) is 135 cm³/mol. The summed E-state index contributed by atoms with van der Waals surface area (Å²) in [6.45, 7) is 0. The normalized spacial score (nSPS) is 16.0. The number of fused-ring (bicyclic) bond motifs is 1. The minimum Gasteiger partial charge on any atom is -0.454 e. The van der Waals surface area contributed by atoms with Crippen molar-refractivity contribution in [1.29, 1.82) is 0 Å². The van der Waals surface area contributed by atoms with E-state index in [0.717, 1.165) is 16.3 Å². The number of halogens is 3. The number of rotatable bonds is 4. The smallest absolute Gasteiger partial charge is 0.238 e. The second-order valence-corrected chi connectivity index (χ2v) is 9.58. The van der Waals surface area contributed by atoms with E-state index in [9.17, 15) is 4.79 Å². The van der Waals surface area contributed by atoms with Crippen molar-refractivity contribution >= 4 is 68.9 Å². The summed E-state index contributed by atoms with van der Waals surface area (Å²) in [5.74, 6) is 1.41. The highest BCUT2D eigenvalue weighted by atomic mass is 35.5. The molecule has 1 saturated heterocycles. The van der Waals surface area contributed by atoms with Crippen LogP contribution < -0.4 is 9.64 Å². The number of carbonyl (C=O) groups is 1. The molecular formula is C25H16Cl3NO2S. The van der Waals surface area contributed by atoms with Crippen LogP contribution in [0.4, 0.5) is 5.69 Å². The van der Waals surface area contributed by atoms with E-state index in [2.05, 4.69) is 0 Å². The summed E-state index contributed by atoms with van der Waals surface area (Å²) < 4.78 is 6.03. The van der Waals surface area contributed by atoms with E-state index in [-0.39, 0.29) is 11.3 Å². The zero-order valence-corrected chi connectivity index (χ0v) is 19.7. The molecule has 1 aliphatic rings. The van der Waals surface area contributed by atoms with Crippen LogP contribution >= 0.6 is 46.6 Å². The molecule has 0 bridgehead atoms. The van der Waals surface area contributed by atoms with Gasteiger partial charge in [0.1, 0.15) is 16.9 Å². The molecule has 0 radical (unpaired) electrons. The maximum Gasteiger partial charge on any atom is 0.238 e. The Labute approximate surface area is 204 Å². The van der Waals surface area contributed by atoms with Crippen molar-refractivity contribution < 1.29 is 9.53 Å². The fourth-order valence-corrected chi connectivity index (χ4v) is 5.50. The van der Waals surface area contributed by atoms with Gasteiger partial charge in [-0.15, -0.1) is 11.8 Å². The molecule has 32 heavy (non-hydrogen) atoms. The van der Waals surface area contributed by atoms with E-state index < -0.39 is 0 Å². The molecule has 4 aromatic rings. The van der Waals surface area contributed by atoms with Crippen LogP contribution in [0.5, 0.6) is 11.5 Å². The van der Waals surface area contributed by atoms with E-state index in [0.29, 0.717) is 38.0 Å². The average molecular weight is 501 g/mol. The summed E-state index contributed by atoms with van der Waals surface area (Å²) in [4.78, 5) is 14.4. The SMILES string of the molecule is O=C1CS[C@@H](c2ccc(Cl)cc2)N1c1ccc(Oc2ccc3ccccc3c2Cl)c(Cl)c1. The predicted octanol–water partition coefficient (Wildman–Crippen LogP) is 8.37. The van der Waals surface area contributed by atoms with E-state index in [4.69, 9.17) is 39.5 Å². The standard InChI is InChI=1S/C25H16Cl3NO2S/c26-17-8-5-16(6-9-17)25-29(23(30)14-32-25)18-10-12-21(20(27)13-18)31-22-11-7-15-3-1-2-4-19(15)24(22)28/h1-13,25H,14H2/t25-/m0/s1. The second kappa shape index (κ2) is 8.87. The van der Waals surface area contributed by atoms with E-state index >= 15 is 0 Å². The lowest BCUT2D eigenvalue weighted by molar-refractivity contribution is -0.115. The first-order valence-electron chi connectivity index (χ1n) is 9.85. The molecule has 160 valence electrons. The van der Waals surface area contributed by atoms with E-state index in [1.165, 1.54) is 0 Å². The number of hydrogen-bond donors (Lipinski definition) is 0. The highest BCUT2D eigenvalue weighted by Crippen LogP contribution is 2.44. The van der Waals surface area contributed by atoms with Crippen LogP contribution in [0.2, 0.25) is 15.1 Å². The van der Waals surface area contributed by atoms with Gasteiger partial charge in [0.05, 0.1) is 15.8 Å². The Morgan fingerprint density at radius 2 is 1.62 bits per heavy atom. The Balaban J connectivity index is 1.44. The Kier molecular flexibility index (Phi) is 5.95. The van der Waals surface area contributed by atoms with Crippen molar-refractivity contribution in [3.05, 3.63) is 99.5 Å². The van der Waals surface area contributed by atoms with Crippen LogP contribution in [0.3, 0.4) is 0 Å². The zero-order valence-electron chi connectivity index (χ0n) is 16.6. The lowest BCUT2D eigenvalue weighted by Crippen LogP contribution is -2.27. The number of hydrogen-bond acceptors (Lipinski definition) is 3. The highest BCUT2D eigenvalue weighted by Gasteiger charge is 2.34. The molecule has 0 N–H and O–H groups in total. The molecular weight excluding hydrogens is 485 g/mol. The van der Waals surface area contributed by atoms with E-state index in [1.54, 1.807) is 28.8 Å². The minimum absolute atomic E-state index is 0.0252. The summed E-state index contributed by atoms with van der Waals surface area (Å²) in [6, 6.07) is 24.5. The third-order valence-electron chi connectivity index (χ3n) is 5.26. The van der Waals surface area contributed by atoms with Gasteiger partial charge in [-0.05, 0) is 47.3 Å². The molecule has 3 nitrogen and oxygen atoms in total. The molecule has 1 heterocycles. The lowest BCUT2D eigenvalue weighted by atomic mass is 10.1. The third kappa shape index (κ3) is 4.04. The molecule has 0 spiro atoms. The lowest BCUT2D eigenvalue weighted by Gasteiger charge is -2.25. The Morgan fingerprint density at radius 3 is 2.41 bits per heavy atom. The van der Waals surface area contributed by atoms with Gasteiger partial charge >= 0.3 is 0 Å². The summed E-state index contributed by atoms with van der Waals surface area (Å²) >= 11 is 20.7. The van der Waals surface area contributed by atoms with Crippen LogP contribution in [-0.2, 0) is 4.79 Å². The first-order chi connectivity index (χ1) is 15.5. The van der Waals surface area contributed by atoms with Crippen LogP contribution in [0.25, 0.3) is 10.8 Å². The first-order valence-corrected chi connectivity index (χ1v) is 12.0.